The van der Waals surface area contributed by atoms with Gasteiger partial charge in [0.15, 0.2) is 0 Å². The Balaban J connectivity index is 1.81. The van der Waals surface area contributed by atoms with Gasteiger partial charge in [0.2, 0.25) is 0 Å². The normalized spacial score (nSPS) is 14.8. The van der Waals surface area contributed by atoms with Crippen LogP contribution >= 0.6 is 0 Å². The lowest BCUT2D eigenvalue weighted by atomic mass is 9.91. The molecular weight excluding hydrogens is 320 g/mol. The molecule has 2 aromatic carbocycles. The van der Waals surface area contributed by atoms with E-state index in [4.69, 9.17) is 4.74 Å². The minimum absolute atomic E-state index is 0.0703. The van der Waals surface area contributed by atoms with E-state index in [1.165, 1.54) is 24.3 Å². The van der Waals surface area contributed by atoms with Crippen LogP contribution in [0.15, 0.2) is 48.5 Å². The van der Waals surface area contributed by atoms with E-state index in [0.29, 0.717) is 5.75 Å². The molecule has 0 radical (unpaired) electrons. The van der Waals surface area contributed by atoms with Crippen LogP contribution in [0.2, 0.25) is 0 Å². The number of nitro groups is 1. The second-order valence-electron chi connectivity index (χ2n) is 6.57. The standard InChI is InChI=1S/C19H18N2O4/c1-12-11-19(2,3)20-17-10-15(8-9-16(12)17)25-18(22)13-4-6-14(7-5-13)21(23)24/h4-11,20H,1-3H3. The first kappa shape index (κ1) is 16.7. The Kier molecular flexibility index (Phi) is 4.04. The molecular formula is C19H18N2O4. The minimum Gasteiger partial charge on any atom is -0.423 e. The van der Waals surface area contributed by atoms with Gasteiger partial charge in [-0.05, 0) is 50.6 Å². The molecule has 128 valence electrons. The highest BCUT2D eigenvalue weighted by molar-refractivity contribution is 5.91. The fraction of sp³-hybridized carbons (Fsp3) is 0.211. The lowest BCUT2D eigenvalue weighted by molar-refractivity contribution is -0.384. The molecule has 0 saturated heterocycles. The molecule has 0 aliphatic carbocycles. The molecule has 1 aliphatic rings. The van der Waals surface area contributed by atoms with E-state index in [-0.39, 0.29) is 16.8 Å². The van der Waals surface area contributed by atoms with Crippen LogP contribution in [0.1, 0.15) is 36.7 Å². The summed E-state index contributed by atoms with van der Waals surface area (Å²) in [6.07, 6.45) is 2.15. The third kappa shape index (κ3) is 3.52. The number of rotatable bonds is 3. The van der Waals surface area contributed by atoms with Crippen molar-refractivity contribution in [2.75, 3.05) is 5.32 Å². The first-order valence-corrected chi connectivity index (χ1v) is 7.84. The summed E-state index contributed by atoms with van der Waals surface area (Å²) in [5.74, 6) is -0.141. The van der Waals surface area contributed by atoms with Gasteiger partial charge in [0.1, 0.15) is 5.75 Å². The van der Waals surface area contributed by atoms with E-state index >= 15 is 0 Å². The molecule has 0 amide bonds. The molecule has 0 unspecified atom stereocenters. The van der Waals surface area contributed by atoms with Gasteiger partial charge < -0.3 is 10.1 Å². The van der Waals surface area contributed by atoms with Gasteiger partial charge in [-0.15, -0.1) is 0 Å². The molecule has 3 rings (SSSR count). The van der Waals surface area contributed by atoms with Gasteiger partial charge in [-0.2, -0.15) is 0 Å². The highest BCUT2D eigenvalue weighted by Gasteiger charge is 2.23. The van der Waals surface area contributed by atoms with Crippen LogP contribution in [0.3, 0.4) is 0 Å². The van der Waals surface area contributed by atoms with Crippen molar-refractivity contribution in [2.45, 2.75) is 26.3 Å². The Morgan fingerprint density at radius 3 is 2.48 bits per heavy atom. The molecule has 0 spiro atoms. The van der Waals surface area contributed by atoms with Crippen LogP contribution in [0, 0.1) is 10.1 Å². The number of hydrogen-bond donors (Lipinski definition) is 1. The number of nitro benzene ring substituents is 1. The maximum Gasteiger partial charge on any atom is 0.343 e. The zero-order valence-electron chi connectivity index (χ0n) is 14.2. The van der Waals surface area contributed by atoms with Gasteiger partial charge in [-0.25, -0.2) is 4.79 Å². The lowest BCUT2D eigenvalue weighted by Gasteiger charge is -2.31. The number of hydrogen-bond acceptors (Lipinski definition) is 5. The average Bonchev–Trinajstić information content (AvgIpc) is 2.53. The molecule has 6 heteroatoms. The minimum atomic E-state index is -0.558. The monoisotopic (exact) mass is 338 g/mol. The zero-order chi connectivity index (χ0) is 18.2. The summed E-state index contributed by atoms with van der Waals surface area (Å²) >= 11 is 0. The number of carbonyl (C=O) groups is 1. The summed E-state index contributed by atoms with van der Waals surface area (Å²) in [6.45, 7) is 6.17. The maximum atomic E-state index is 12.2. The lowest BCUT2D eigenvalue weighted by Crippen LogP contribution is -2.31. The second-order valence-corrected chi connectivity index (χ2v) is 6.57. The SMILES string of the molecule is CC1=CC(C)(C)Nc2cc(OC(=O)c3ccc([N+](=O)[O-])cc3)ccc21. The summed E-state index contributed by atoms with van der Waals surface area (Å²) in [6, 6.07) is 10.8. The number of carbonyl (C=O) groups excluding carboxylic acids is 1. The third-order valence-electron chi connectivity index (χ3n) is 3.97. The van der Waals surface area contributed by atoms with E-state index in [1.54, 1.807) is 12.1 Å². The summed E-state index contributed by atoms with van der Waals surface area (Å²) < 4.78 is 5.40. The number of nitrogens with zero attached hydrogens (tertiary/aromatic N) is 1. The quantitative estimate of drug-likeness (QED) is 0.388. The van der Waals surface area contributed by atoms with Gasteiger partial charge in [-0.3, -0.25) is 10.1 Å². The van der Waals surface area contributed by atoms with Crippen LogP contribution < -0.4 is 10.1 Å². The van der Waals surface area contributed by atoms with Crippen LogP contribution in [0.25, 0.3) is 5.57 Å². The van der Waals surface area contributed by atoms with E-state index in [1.807, 2.05) is 13.0 Å². The first-order valence-electron chi connectivity index (χ1n) is 7.84. The molecule has 0 saturated carbocycles. The Hall–Kier alpha value is -3.15. The molecule has 1 aliphatic heterocycles. The fourth-order valence-corrected chi connectivity index (χ4v) is 2.92. The van der Waals surface area contributed by atoms with Gasteiger partial charge >= 0.3 is 5.97 Å². The molecule has 1 heterocycles. The molecule has 6 nitrogen and oxygen atoms in total. The number of ether oxygens (including phenoxy) is 1. The van der Waals surface area contributed by atoms with Gasteiger partial charge in [-0.1, -0.05) is 6.08 Å². The van der Waals surface area contributed by atoms with Gasteiger partial charge in [0.25, 0.3) is 5.69 Å². The van der Waals surface area contributed by atoms with Crippen molar-refractivity contribution in [1.29, 1.82) is 0 Å². The number of fused-ring (bicyclic) bond motifs is 1. The highest BCUT2D eigenvalue weighted by atomic mass is 16.6. The van der Waals surface area contributed by atoms with Crippen LogP contribution in [0.5, 0.6) is 5.75 Å². The van der Waals surface area contributed by atoms with Crippen molar-refractivity contribution in [1.82, 2.24) is 0 Å². The number of benzene rings is 2. The van der Waals surface area contributed by atoms with Crippen molar-refractivity contribution in [3.63, 3.8) is 0 Å². The first-order chi connectivity index (χ1) is 11.7. The average molecular weight is 338 g/mol. The Morgan fingerprint density at radius 2 is 1.84 bits per heavy atom. The number of anilines is 1. The summed E-state index contributed by atoms with van der Waals surface area (Å²) in [4.78, 5) is 22.4. The Bertz CT molecular complexity index is 883. The van der Waals surface area contributed by atoms with E-state index in [0.717, 1.165) is 16.8 Å². The van der Waals surface area contributed by atoms with Crippen LogP contribution in [0.4, 0.5) is 11.4 Å². The topological polar surface area (TPSA) is 81.5 Å². The number of allylic oxidation sites excluding steroid dienone is 1. The number of nitrogens with one attached hydrogen (secondary N) is 1. The third-order valence-corrected chi connectivity index (χ3v) is 3.97. The van der Waals surface area contributed by atoms with Crippen LogP contribution in [-0.2, 0) is 0 Å². The van der Waals surface area contributed by atoms with Crippen molar-refractivity contribution in [3.05, 3.63) is 69.8 Å². The van der Waals surface area contributed by atoms with Crippen molar-refractivity contribution >= 4 is 22.9 Å². The molecule has 0 bridgehead atoms. The molecule has 0 atom stereocenters. The molecule has 25 heavy (non-hydrogen) atoms. The van der Waals surface area contributed by atoms with Crippen molar-refractivity contribution in [2.24, 2.45) is 0 Å². The van der Waals surface area contributed by atoms with Crippen LogP contribution in [-0.4, -0.2) is 16.4 Å². The highest BCUT2D eigenvalue weighted by Crippen LogP contribution is 2.35. The molecule has 0 aromatic heterocycles. The van der Waals surface area contributed by atoms with E-state index in [9.17, 15) is 14.9 Å². The smallest absolute Gasteiger partial charge is 0.343 e. The molecule has 1 N–H and O–H groups in total. The Morgan fingerprint density at radius 1 is 1.16 bits per heavy atom. The number of esters is 1. The predicted molar refractivity (Wildman–Crippen MR) is 95.8 cm³/mol. The Labute approximate surface area is 145 Å². The molecule has 0 fully saturated rings. The molecule has 2 aromatic rings. The summed E-state index contributed by atoms with van der Waals surface area (Å²) in [7, 11) is 0. The number of non-ortho nitro benzene ring substituents is 1. The predicted octanol–water partition coefficient (Wildman–Crippen LogP) is 4.42. The van der Waals surface area contributed by atoms with E-state index < -0.39 is 10.9 Å². The summed E-state index contributed by atoms with van der Waals surface area (Å²) in [5.41, 5.74) is 3.13. The largest absolute Gasteiger partial charge is 0.423 e. The van der Waals surface area contributed by atoms with Gasteiger partial charge in [0, 0.05) is 29.4 Å². The summed E-state index contributed by atoms with van der Waals surface area (Å²) in [5, 5.41) is 14.1. The van der Waals surface area contributed by atoms with E-state index in [2.05, 4.69) is 25.2 Å². The van der Waals surface area contributed by atoms with Crippen molar-refractivity contribution in [3.8, 4) is 5.75 Å². The zero-order valence-corrected chi connectivity index (χ0v) is 14.2. The second kappa shape index (κ2) is 6.05. The van der Waals surface area contributed by atoms with Gasteiger partial charge in [0.05, 0.1) is 16.0 Å². The van der Waals surface area contributed by atoms with Crippen molar-refractivity contribution < 1.29 is 14.5 Å². The fourth-order valence-electron chi connectivity index (χ4n) is 2.92. The maximum absolute atomic E-state index is 12.2.